The zero-order valence-electron chi connectivity index (χ0n) is 13.8. The maximum absolute atomic E-state index is 14.5. The maximum Gasteiger partial charge on any atom is 0.103 e. The summed E-state index contributed by atoms with van der Waals surface area (Å²) in [4.78, 5) is 0. The van der Waals surface area contributed by atoms with E-state index in [1.807, 2.05) is 7.11 Å². The van der Waals surface area contributed by atoms with E-state index in [1.165, 1.54) is 32.1 Å². The highest BCUT2D eigenvalue weighted by Crippen LogP contribution is 2.44. The molecule has 0 spiro atoms. The summed E-state index contributed by atoms with van der Waals surface area (Å²) in [5.41, 5.74) is 0.270. The minimum atomic E-state index is -0.562. The average Bonchev–Trinajstić information content (AvgIpc) is 2.41. The van der Waals surface area contributed by atoms with E-state index >= 15 is 0 Å². The van der Waals surface area contributed by atoms with Crippen LogP contribution in [0.15, 0.2) is 0 Å². The summed E-state index contributed by atoms with van der Waals surface area (Å²) in [5.74, 6) is 1.64. The van der Waals surface area contributed by atoms with Crippen molar-refractivity contribution in [2.45, 2.75) is 84.4 Å². The van der Waals surface area contributed by atoms with Crippen LogP contribution in [0.4, 0.5) is 4.39 Å². The zero-order valence-corrected chi connectivity index (χ0v) is 13.8. The van der Waals surface area contributed by atoms with Crippen molar-refractivity contribution in [2.75, 3.05) is 7.11 Å². The van der Waals surface area contributed by atoms with Gasteiger partial charge in [0.25, 0.3) is 0 Å². The standard InChI is InChI=1S/C18H33FO/c1-18(2,3)15-8-7-14(17(19)12-15)11-13-5-9-16(20-4)10-6-13/h13-17H,5-12H2,1-4H3/t13?,14-,15+,16?,17+/m0/s1. The van der Waals surface area contributed by atoms with Crippen molar-refractivity contribution >= 4 is 0 Å². The molecule has 0 N–H and O–H groups in total. The molecule has 0 saturated heterocycles. The lowest BCUT2D eigenvalue weighted by atomic mass is 9.67. The van der Waals surface area contributed by atoms with Crippen LogP contribution in [0.25, 0.3) is 0 Å². The van der Waals surface area contributed by atoms with Gasteiger partial charge in [0.2, 0.25) is 0 Å². The van der Waals surface area contributed by atoms with Crippen molar-refractivity contribution in [2.24, 2.45) is 23.2 Å². The van der Waals surface area contributed by atoms with Gasteiger partial charge in [0.1, 0.15) is 6.17 Å². The lowest BCUT2D eigenvalue weighted by Crippen LogP contribution is -2.34. The Bertz CT molecular complexity index is 288. The quantitative estimate of drug-likeness (QED) is 0.676. The van der Waals surface area contributed by atoms with Crippen molar-refractivity contribution in [1.29, 1.82) is 0 Å². The van der Waals surface area contributed by atoms with Crippen molar-refractivity contribution in [3.63, 3.8) is 0 Å². The van der Waals surface area contributed by atoms with E-state index in [2.05, 4.69) is 20.8 Å². The molecule has 0 aromatic carbocycles. The Balaban J connectivity index is 1.78. The smallest absolute Gasteiger partial charge is 0.103 e. The molecule has 0 aromatic rings. The fourth-order valence-electron chi connectivity index (χ4n) is 4.26. The van der Waals surface area contributed by atoms with Crippen LogP contribution in [0.3, 0.4) is 0 Å². The van der Waals surface area contributed by atoms with Crippen LogP contribution >= 0.6 is 0 Å². The van der Waals surface area contributed by atoms with Gasteiger partial charge in [0.15, 0.2) is 0 Å². The van der Waals surface area contributed by atoms with Crippen LogP contribution in [0.2, 0.25) is 0 Å². The molecule has 3 atom stereocenters. The van der Waals surface area contributed by atoms with E-state index in [1.54, 1.807) is 0 Å². The molecule has 0 amide bonds. The normalized spacial score (nSPS) is 39.8. The molecule has 1 nitrogen and oxygen atoms in total. The summed E-state index contributed by atoms with van der Waals surface area (Å²) >= 11 is 0. The first kappa shape index (κ1) is 16.3. The number of halogens is 1. The Morgan fingerprint density at radius 1 is 1.00 bits per heavy atom. The largest absolute Gasteiger partial charge is 0.381 e. The zero-order chi connectivity index (χ0) is 14.8. The van der Waals surface area contributed by atoms with Crippen molar-refractivity contribution in [1.82, 2.24) is 0 Å². The third kappa shape index (κ3) is 4.19. The van der Waals surface area contributed by atoms with E-state index in [0.29, 0.717) is 17.9 Å². The van der Waals surface area contributed by atoms with Crippen LogP contribution < -0.4 is 0 Å². The summed E-state index contributed by atoms with van der Waals surface area (Å²) in [6.45, 7) is 6.78. The van der Waals surface area contributed by atoms with Gasteiger partial charge in [-0.3, -0.25) is 0 Å². The molecule has 118 valence electrons. The second kappa shape index (κ2) is 6.77. The van der Waals surface area contributed by atoms with Gasteiger partial charge >= 0.3 is 0 Å². The molecule has 0 unspecified atom stereocenters. The number of methoxy groups -OCH3 is 1. The van der Waals surface area contributed by atoms with E-state index in [9.17, 15) is 4.39 Å². The van der Waals surface area contributed by atoms with Crippen molar-refractivity contribution in [3.8, 4) is 0 Å². The van der Waals surface area contributed by atoms with Gasteiger partial charge in [0, 0.05) is 7.11 Å². The molecule has 0 bridgehead atoms. The fourth-order valence-corrected chi connectivity index (χ4v) is 4.26. The summed E-state index contributed by atoms with van der Waals surface area (Å²) in [6.07, 6.45) is 8.97. The summed E-state index contributed by atoms with van der Waals surface area (Å²) in [6, 6.07) is 0. The maximum atomic E-state index is 14.5. The third-order valence-electron chi connectivity index (χ3n) is 5.90. The first-order valence-electron chi connectivity index (χ1n) is 8.57. The van der Waals surface area contributed by atoms with E-state index in [0.717, 1.165) is 25.2 Å². The van der Waals surface area contributed by atoms with Crippen LogP contribution in [0.1, 0.15) is 72.1 Å². The monoisotopic (exact) mass is 284 g/mol. The van der Waals surface area contributed by atoms with Gasteiger partial charge in [-0.2, -0.15) is 0 Å². The van der Waals surface area contributed by atoms with Gasteiger partial charge in [0.05, 0.1) is 6.10 Å². The minimum Gasteiger partial charge on any atom is -0.381 e. The molecule has 2 heteroatoms. The van der Waals surface area contributed by atoms with Crippen LogP contribution in [0, 0.1) is 23.2 Å². The molecule has 2 fully saturated rings. The predicted molar refractivity (Wildman–Crippen MR) is 82.6 cm³/mol. The number of ether oxygens (including phenoxy) is 1. The van der Waals surface area contributed by atoms with E-state index < -0.39 is 6.17 Å². The highest BCUT2D eigenvalue weighted by Gasteiger charge is 2.37. The summed E-state index contributed by atoms with van der Waals surface area (Å²) in [7, 11) is 1.82. The van der Waals surface area contributed by atoms with Gasteiger partial charge in [-0.25, -0.2) is 4.39 Å². The van der Waals surface area contributed by atoms with Gasteiger partial charge in [-0.05, 0) is 74.5 Å². The lowest BCUT2D eigenvalue weighted by Gasteiger charge is -2.40. The number of hydrogen-bond acceptors (Lipinski definition) is 1. The minimum absolute atomic E-state index is 0.270. The molecule has 0 aromatic heterocycles. The molecule has 2 aliphatic rings. The number of alkyl halides is 1. The number of hydrogen-bond donors (Lipinski definition) is 0. The van der Waals surface area contributed by atoms with Crippen LogP contribution in [0.5, 0.6) is 0 Å². The Morgan fingerprint density at radius 3 is 2.15 bits per heavy atom. The van der Waals surface area contributed by atoms with Crippen molar-refractivity contribution in [3.05, 3.63) is 0 Å². The first-order chi connectivity index (χ1) is 9.40. The Labute approximate surface area is 124 Å². The Kier molecular flexibility index (Phi) is 5.50. The Morgan fingerprint density at radius 2 is 1.65 bits per heavy atom. The predicted octanol–water partition coefficient (Wildman–Crippen LogP) is 5.38. The lowest BCUT2D eigenvalue weighted by molar-refractivity contribution is 0.0322. The second-order valence-corrected chi connectivity index (χ2v) is 8.27. The van der Waals surface area contributed by atoms with E-state index in [4.69, 9.17) is 4.74 Å². The highest BCUT2D eigenvalue weighted by atomic mass is 19.1. The third-order valence-corrected chi connectivity index (χ3v) is 5.90. The molecule has 20 heavy (non-hydrogen) atoms. The average molecular weight is 284 g/mol. The second-order valence-electron chi connectivity index (χ2n) is 8.27. The van der Waals surface area contributed by atoms with Gasteiger partial charge in [-0.1, -0.05) is 20.8 Å². The SMILES string of the molecule is COC1CCC(C[C@@H]2CC[C@@H](C(C)(C)C)C[C@H]2F)CC1. The van der Waals surface area contributed by atoms with Crippen LogP contribution in [-0.2, 0) is 4.74 Å². The van der Waals surface area contributed by atoms with Gasteiger partial charge in [-0.15, -0.1) is 0 Å². The topological polar surface area (TPSA) is 9.23 Å². The molecule has 0 aliphatic heterocycles. The van der Waals surface area contributed by atoms with E-state index in [-0.39, 0.29) is 5.41 Å². The molecular formula is C18H33FO. The molecule has 2 saturated carbocycles. The van der Waals surface area contributed by atoms with Crippen molar-refractivity contribution < 1.29 is 9.13 Å². The summed E-state index contributed by atoms with van der Waals surface area (Å²) < 4.78 is 19.9. The van der Waals surface area contributed by atoms with Gasteiger partial charge < -0.3 is 4.74 Å². The molecule has 0 radical (unpaired) electrons. The molecule has 2 rings (SSSR count). The number of rotatable bonds is 3. The summed E-state index contributed by atoms with van der Waals surface area (Å²) in [5, 5.41) is 0. The molecular weight excluding hydrogens is 251 g/mol. The Hall–Kier alpha value is -0.110. The molecule has 0 heterocycles. The fraction of sp³-hybridized carbons (Fsp3) is 1.00. The highest BCUT2D eigenvalue weighted by molar-refractivity contribution is 4.87. The van der Waals surface area contributed by atoms with Crippen LogP contribution in [-0.4, -0.2) is 19.4 Å². The molecule has 2 aliphatic carbocycles. The first-order valence-corrected chi connectivity index (χ1v) is 8.57.